The van der Waals surface area contributed by atoms with Crippen LogP contribution >= 0.6 is 23.1 Å². The first-order chi connectivity index (χ1) is 14.8. The second-order valence-electron chi connectivity index (χ2n) is 9.12. The zero-order chi connectivity index (χ0) is 22.0. The molecular formula is C23H30N4OS2Si. The molecule has 4 aromatic rings. The van der Waals surface area contributed by atoms with Crippen LogP contribution < -0.4 is 0 Å². The normalized spacial score (nSPS) is 12.2. The number of H-pyrrole nitrogens is 1. The van der Waals surface area contributed by atoms with E-state index in [1.165, 1.54) is 16.0 Å². The minimum absolute atomic E-state index is 0.489. The fraction of sp³-hybridized carbons (Fsp3) is 0.391. The molecule has 0 spiro atoms. The van der Waals surface area contributed by atoms with Gasteiger partial charge in [-0.25, -0.2) is 4.98 Å². The van der Waals surface area contributed by atoms with E-state index >= 15 is 0 Å². The van der Waals surface area contributed by atoms with Crippen LogP contribution in [0.3, 0.4) is 0 Å². The van der Waals surface area contributed by atoms with E-state index in [0.717, 1.165) is 46.0 Å². The molecule has 0 saturated carbocycles. The van der Waals surface area contributed by atoms with Crippen LogP contribution in [0.15, 0.2) is 40.7 Å². The van der Waals surface area contributed by atoms with E-state index in [4.69, 9.17) is 9.72 Å². The highest BCUT2D eigenvalue weighted by atomic mass is 32.2. The predicted octanol–water partition coefficient (Wildman–Crippen LogP) is 6.71. The molecule has 8 heteroatoms. The number of benzene rings is 1. The average molecular weight is 471 g/mol. The van der Waals surface area contributed by atoms with E-state index in [2.05, 4.69) is 84.0 Å². The van der Waals surface area contributed by atoms with Crippen molar-refractivity contribution in [1.29, 1.82) is 0 Å². The van der Waals surface area contributed by atoms with Crippen molar-refractivity contribution in [3.63, 3.8) is 0 Å². The Morgan fingerprint density at radius 3 is 2.71 bits per heavy atom. The Labute approximate surface area is 193 Å². The number of aromatic amines is 1. The lowest BCUT2D eigenvalue weighted by Gasteiger charge is -2.16. The molecule has 164 valence electrons. The van der Waals surface area contributed by atoms with Gasteiger partial charge in [-0.1, -0.05) is 25.7 Å². The second-order valence-corrected chi connectivity index (χ2v) is 16.8. The minimum atomic E-state index is -1.12. The molecule has 0 aliphatic rings. The predicted molar refractivity (Wildman–Crippen MR) is 135 cm³/mol. The molecule has 0 aliphatic heterocycles. The van der Waals surface area contributed by atoms with E-state index in [1.807, 2.05) is 0 Å². The van der Waals surface area contributed by atoms with Crippen LogP contribution in [0.2, 0.25) is 25.7 Å². The smallest absolute Gasteiger partial charge is 0.163 e. The Balaban J connectivity index is 1.60. The van der Waals surface area contributed by atoms with Crippen molar-refractivity contribution in [2.45, 2.75) is 57.0 Å². The maximum absolute atomic E-state index is 6.11. The summed E-state index contributed by atoms with van der Waals surface area (Å²) in [6.07, 6.45) is 0. The van der Waals surface area contributed by atoms with E-state index in [9.17, 15) is 0 Å². The first-order valence-electron chi connectivity index (χ1n) is 10.6. The highest BCUT2D eigenvalue weighted by Crippen LogP contribution is 2.30. The molecule has 3 heterocycles. The van der Waals surface area contributed by atoms with E-state index in [-0.39, 0.29) is 0 Å². The van der Waals surface area contributed by atoms with Gasteiger partial charge in [-0.05, 0) is 54.6 Å². The number of nitrogens with zero attached hydrogens (tertiary/aromatic N) is 3. The summed E-state index contributed by atoms with van der Waals surface area (Å²) in [5.74, 6) is 1.79. The molecule has 0 radical (unpaired) electrons. The minimum Gasteiger partial charge on any atom is -0.361 e. The van der Waals surface area contributed by atoms with Crippen LogP contribution in [0.4, 0.5) is 0 Å². The van der Waals surface area contributed by atoms with Gasteiger partial charge in [0.2, 0.25) is 0 Å². The number of aromatic nitrogens is 4. The lowest BCUT2D eigenvalue weighted by Crippen LogP contribution is -2.22. The Kier molecular flexibility index (Phi) is 6.71. The van der Waals surface area contributed by atoms with Crippen molar-refractivity contribution in [1.82, 2.24) is 19.7 Å². The summed E-state index contributed by atoms with van der Waals surface area (Å²) < 4.78 is 8.28. The maximum atomic E-state index is 6.11. The summed E-state index contributed by atoms with van der Waals surface area (Å²) in [5, 5.41) is 10.9. The van der Waals surface area contributed by atoms with E-state index in [1.54, 1.807) is 23.1 Å². The van der Waals surface area contributed by atoms with Crippen LogP contribution in [-0.4, -0.2) is 34.4 Å². The first kappa shape index (κ1) is 22.3. The monoisotopic (exact) mass is 470 g/mol. The summed E-state index contributed by atoms with van der Waals surface area (Å²) >= 11 is 3.55. The Hall–Kier alpha value is -1.87. The van der Waals surface area contributed by atoms with Gasteiger partial charge in [0.25, 0.3) is 0 Å². The molecular weight excluding hydrogens is 441 g/mol. The summed E-state index contributed by atoms with van der Waals surface area (Å²) in [4.78, 5) is 6.29. The number of aryl methyl sites for hydroxylation is 2. The number of hydrogen-bond acceptors (Lipinski definition) is 5. The van der Waals surface area contributed by atoms with Gasteiger partial charge >= 0.3 is 0 Å². The molecule has 31 heavy (non-hydrogen) atoms. The topological polar surface area (TPSA) is 55.7 Å². The van der Waals surface area contributed by atoms with Crippen molar-refractivity contribution < 1.29 is 4.74 Å². The van der Waals surface area contributed by atoms with Crippen molar-refractivity contribution in [2.24, 2.45) is 0 Å². The van der Waals surface area contributed by atoms with Gasteiger partial charge in [0.15, 0.2) is 5.82 Å². The third-order valence-corrected chi connectivity index (χ3v) is 9.05. The van der Waals surface area contributed by atoms with Gasteiger partial charge in [0, 0.05) is 31.4 Å². The van der Waals surface area contributed by atoms with Crippen molar-refractivity contribution in [3.05, 3.63) is 51.7 Å². The van der Waals surface area contributed by atoms with Crippen molar-refractivity contribution in [2.75, 3.05) is 6.61 Å². The average Bonchev–Trinajstić information content (AvgIpc) is 3.44. The van der Waals surface area contributed by atoms with Gasteiger partial charge in [-0.3, -0.25) is 9.67 Å². The molecule has 5 nitrogen and oxygen atoms in total. The standard InChI is InChI=1S/C23H30N4OS2Si/c1-16-11-19-21(12-17(16)2)27(15-28-8-10-31(3,4)5)23(24-19)20-13-22(26-25-20)30-14-18-7-6-9-29-18/h6-7,9,11-13H,8,10,14-15H2,1-5H3,(H,25,26). The van der Waals surface area contributed by atoms with Crippen LogP contribution in [0, 0.1) is 13.8 Å². The third-order valence-electron chi connectivity index (χ3n) is 5.31. The Morgan fingerprint density at radius 1 is 1.16 bits per heavy atom. The zero-order valence-electron chi connectivity index (χ0n) is 18.9. The fourth-order valence-electron chi connectivity index (χ4n) is 3.28. The number of thiophene rings is 1. The lowest BCUT2D eigenvalue weighted by molar-refractivity contribution is 0.0909. The maximum Gasteiger partial charge on any atom is 0.163 e. The van der Waals surface area contributed by atoms with Gasteiger partial charge in [0.05, 0.1) is 16.1 Å². The molecule has 0 aliphatic carbocycles. The molecule has 0 amide bonds. The summed E-state index contributed by atoms with van der Waals surface area (Å²) in [7, 11) is -1.12. The van der Waals surface area contributed by atoms with Crippen LogP contribution in [0.5, 0.6) is 0 Å². The van der Waals surface area contributed by atoms with Crippen molar-refractivity contribution in [3.8, 4) is 11.5 Å². The Morgan fingerprint density at radius 2 is 1.97 bits per heavy atom. The molecule has 0 fully saturated rings. The van der Waals surface area contributed by atoms with Crippen LogP contribution in [-0.2, 0) is 17.2 Å². The number of fused-ring (bicyclic) bond motifs is 1. The lowest BCUT2D eigenvalue weighted by atomic mass is 10.1. The third kappa shape index (κ3) is 5.49. The van der Waals surface area contributed by atoms with Crippen LogP contribution in [0.25, 0.3) is 22.6 Å². The molecule has 0 saturated heterocycles. The van der Waals surface area contributed by atoms with Gasteiger partial charge in [-0.15, -0.1) is 23.1 Å². The second kappa shape index (κ2) is 9.32. The highest BCUT2D eigenvalue weighted by Gasteiger charge is 2.18. The molecule has 1 N–H and O–H groups in total. The van der Waals surface area contributed by atoms with E-state index in [0.29, 0.717) is 6.73 Å². The highest BCUT2D eigenvalue weighted by molar-refractivity contribution is 7.98. The summed E-state index contributed by atoms with van der Waals surface area (Å²) in [6.45, 7) is 12.7. The molecule has 0 unspecified atom stereocenters. The van der Waals surface area contributed by atoms with E-state index < -0.39 is 8.07 Å². The number of thioether (sulfide) groups is 1. The van der Waals surface area contributed by atoms with Gasteiger partial charge in [-0.2, -0.15) is 5.10 Å². The number of rotatable bonds is 9. The summed E-state index contributed by atoms with van der Waals surface area (Å²) in [6, 6.07) is 11.9. The zero-order valence-corrected chi connectivity index (χ0v) is 21.5. The number of nitrogens with one attached hydrogen (secondary N) is 1. The summed E-state index contributed by atoms with van der Waals surface area (Å²) in [5.41, 5.74) is 5.45. The molecule has 4 rings (SSSR count). The van der Waals surface area contributed by atoms with Gasteiger partial charge < -0.3 is 4.74 Å². The quantitative estimate of drug-likeness (QED) is 0.168. The molecule has 1 aromatic carbocycles. The fourth-order valence-corrected chi connectivity index (χ4v) is 5.67. The van der Waals surface area contributed by atoms with Gasteiger partial charge in [0.1, 0.15) is 12.4 Å². The molecule has 0 atom stereocenters. The van der Waals surface area contributed by atoms with Crippen LogP contribution in [0.1, 0.15) is 16.0 Å². The number of imidazole rings is 1. The SMILES string of the molecule is Cc1cc2nc(-c3cc(SCc4cccs4)[nH]n3)n(COCC[Si](C)(C)C)c2cc1C. The largest absolute Gasteiger partial charge is 0.361 e. The first-order valence-corrected chi connectivity index (χ1v) is 16.1. The molecule has 0 bridgehead atoms. The van der Waals surface area contributed by atoms with Crippen molar-refractivity contribution >= 4 is 42.2 Å². The Bertz CT molecular complexity index is 1160. The number of hydrogen-bond donors (Lipinski definition) is 1. The molecule has 3 aromatic heterocycles. The number of ether oxygens (including phenoxy) is 1.